The second-order valence-corrected chi connectivity index (χ2v) is 8.42. The van der Waals surface area contributed by atoms with Gasteiger partial charge in [0.2, 0.25) is 10.0 Å². The zero-order chi connectivity index (χ0) is 19.3. The molecule has 1 aliphatic rings. The van der Waals surface area contributed by atoms with Gasteiger partial charge in [-0.15, -0.1) is 0 Å². The van der Waals surface area contributed by atoms with Crippen LogP contribution in [-0.2, 0) is 16.4 Å². The van der Waals surface area contributed by atoms with E-state index in [0.29, 0.717) is 0 Å². The molecule has 3 N–H and O–H groups in total. The summed E-state index contributed by atoms with van der Waals surface area (Å²) < 4.78 is 23.4. The van der Waals surface area contributed by atoms with Gasteiger partial charge in [-0.25, -0.2) is 18.5 Å². The average Bonchev–Trinajstić information content (AvgIpc) is 3.33. The summed E-state index contributed by atoms with van der Waals surface area (Å²) in [5, 5.41) is 6.27. The number of sulfonamides is 1. The Balaban J connectivity index is 1.70. The first-order chi connectivity index (χ1) is 13.5. The third-order valence-corrected chi connectivity index (χ3v) is 6.03. The monoisotopic (exact) mass is 387 g/mol. The zero-order valence-corrected chi connectivity index (χ0v) is 15.7. The fraction of sp³-hybridized carbons (Fsp3) is 0.0455. The first-order valence-electron chi connectivity index (χ1n) is 8.90. The van der Waals surface area contributed by atoms with E-state index in [1.807, 2.05) is 18.2 Å². The van der Waals surface area contributed by atoms with Crippen LogP contribution < -0.4 is 5.14 Å². The molecular weight excluding hydrogens is 370 g/mol. The summed E-state index contributed by atoms with van der Waals surface area (Å²) in [7, 11) is -3.76. The number of nitrogens with zero attached hydrogens (tertiary/aromatic N) is 1. The summed E-state index contributed by atoms with van der Waals surface area (Å²) in [6, 6.07) is 17.0. The highest BCUT2D eigenvalue weighted by molar-refractivity contribution is 7.89. The highest BCUT2D eigenvalue weighted by Crippen LogP contribution is 2.36. The van der Waals surface area contributed by atoms with Crippen molar-refractivity contribution in [3.63, 3.8) is 0 Å². The lowest BCUT2D eigenvalue weighted by Gasteiger charge is -2.08. The molecule has 138 valence electrons. The van der Waals surface area contributed by atoms with Gasteiger partial charge in [0.1, 0.15) is 5.65 Å². The SMILES string of the molecule is NS(=O)(=O)c1cccc(-c2cc3c(-c4cccc5c4C=CC5)ccnc3[nH]2)c1. The number of aromatic nitrogens is 2. The molecule has 5 nitrogen and oxygen atoms in total. The maximum Gasteiger partial charge on any atom is 0.238 e. The molecule has 1 aliphatic carbocycles. The molecule has 0 amide bonds. The van der Waals surface area contributed by atoms with Gasteiger partial charge in [-0.3, -0.25) is 0 Å². The Morgan fingerprint density at radius 2 is 1.86 bits per heavy atom. The number of hydrogen-bond donors (Lipinski definition) is 2. The van der Waals surface area contributed by atoms with Gasteiger partial charge >= 0.3 is 0 Å². The van der Waals surface area contributed by atoms with E-state index >= 15 is 0 Å². The number of primary sulfonamides is 1. The van der Waals surface area contributed by atoms with E-state index in [9.17, 15) is 8.42 Å². The number of fused-ring (bicyclic) bond motifs is 2. The Bertz CT molecular complexity index is 1370. The molecule has 0 atom stereocenters. The molecule has 5 rings (SSSR count). The van der Waals surface area contributed by atoms with E-state index in [0.717, 1.165) is 34.3 Å². The van der Waals surface area contributed by atoms with Crippen LogP contribution in [0, 0.1) is 0 Å². The minimum absolute atomic E-state index is 0.0860. The molecule has 2 heterocycles. The van der Waals surface area contributed by atoms with Crippen molar-refractivity contribution in [1.29, 1.82) is 0 Å². The predicted molar refractivity (Wildman–Crippen MR) is 111 cm³/mol. The van der Waals surface area contributed by atoms with Crippen molar-refractivity contribution < 1.29 is 8.42 Å². The quantitative estimate of drug-likeness (QED) is 0.554. The van der Waals surface area contributed by atoms with Gasteiger partial charge in [0.25, 0.3) is 0 Å². The van der Waals surface area contributed by atoms with E-state index in [-0.39, 0.29) is 4.90 Å². The molecule has 2 aromatic heterocycles. The summed E-state index contributed by atoms with van der Waals surface area (Å²) in [5.41, 5.74) is 7.12. The number of H-pyrrole nitrogens is 1. The summed E-state index contributed by atoms with van der Waals surface area (Å²) >= 11 is 0. The van der Waals surface area contributed by atoms with Crippen LogP contribution in [0.15, 0.2) is 71.8 Å². The van der Waals surface area contributed by atoms with Crippen molar-refractivity contribution in [2.45, 2.75) is 11.3 Å². The van der Waals surface area contributed by atoms with Gasteiger partial charge in [-0.2, -0.15) is 0 Å². The molecule has 0 spiro atoms. The maximum absolute atomic E-state index is 11.7. The summed E-state index contributed by atoms with van der Waals surface area (Å²) in [6.45, 7) is 0. The van der Waals surface area contributed by atoms with Gasteiger partial charge in [0.05, 0.1) is 4.90 Å². The Morgan fingerprint density at radius 1 is 1.00 bits per heavy atom. The fourth-order valence-corrected chi connectivity index (χ4v) is 4.34. The van der Waals surface area contributed by atoms with Crippen molar-refractivity contribution in [3.05, 3.63) is 78.0 Å². The highest BCUT2D eigenvalue weighted by atomic mass is 32.2. The fourth-order valence-electron chi connectivity index (χ4n) is 3.78. The molecule has 0 bridgehead atoms. The summed E-state index contributed by atoms with van der Waals surface area (Å²) in [5.74, 6) is 0. The molecule has 0 fully saturated rings. The van der Waals surface area contributed by atoms with Crippen LogP contribution in [0.5, 0.6) is 0 Å². The van der Waals surface area contributed by atoms with Gasteiger partial charge in [-0.05, 0) is 58.5 Å². The van der Waals surface area contributed by atoms with Crippen LogP contribution in [-0.4, -0.2) is 18.4 Å². The smallest absolute Gasteiger partial charge is 0.238 e. The minimum atomic E-state index is -3.76. The van der Waals surface area contributed by atoms with Crippen LogP contribution in [0.25, 0.3) is 39.5 Å². The predicted octanol–water partition coefficient (Wildman–Crippen LogP) is 4.11. The van der Waals surface area contributed by atoms with Gasteiger partial charge < -0.3 is 4.98 Å². The zero-order valence-electron chi connectivity index (χ0n) is 14.9. The van der Waals surface area contributed by atoms with E-state index in [1.54, 1.807) is 18.3 Å². The normalized spacial score (nSPS) is 13.2. The second kappa shape index (κ2) is 6.15. The van der Waals surface area contributed by atoms with Crippen molar-refractivity contribution in [3.8, 4) is 22.4 Å². The largest absolute Gasteiger partial charge is 0.339 e. The first kappa shape index (κ1) is 16.9. The summed E-state index contributed by atoms with van der Waals surface area (Å²) in [6.07, 6.45) is 7.08. The van der Waals surface area contributed by atoms with Gasteiger partial charge in [-0.1, -0.05) is 42.5 Å². The average molecular weight is 387 g/mol. The standard InChI is InChI=1S/C22H17N3O2S/c23-28(26,27)16-7-1-6-15(12-16)21-13-20-19(10-11-24-22(20)25-21)18-9-3-5-14-4-2-8-17(14)18/h1-3,5-13H,4H2,(H,24,25)(H2,23,26,27). The lowest BCUT2D eigenvalue weighted by atomic mass is 9.96. The molecule has 4 aromatic rings. The molecule has 0 aliphatic heterocycles. The number of rotatable bonds is 3. The van der Waals surface area contributed by atoms with Crippen molar-refractivity contribution in [1.82, 2.24) is 9.97 Å². The third kappa shape index (κ3) is 2.74. The van der Waals surface area contributed by atoms with Crippen molar-refractivity contribution in [2.75, 3.05) is 0 Å². The van der Waals surface area contributed by atoms with Gasteiger partial charge in [0.15, 0.2) is 0 Å². The number of benzene rings is 2. The number of pyridine rings is 1. The van der Waals surface area contributed by atoms with Crippen LogP contribution in [0.2, 0.25) is 0 Å². The minimum Gasteiger partial charge on any atom is -0.339 e. The molecule has 28 heavy (non-hydrogen) atoms. The van der Waals surface area contributed by atoms with Crippen molar-refractivity contribution in [2.24, 2.45) is 5.14 Å². The Labute approximate surface area is 162 Å². The summed E-state index contributed by atoms with van der Waals surface area (Å²) in [4.78, 5) is 7.85. The second-order valence-electron chi connectivity index (χ2n) is 6.86. The maximum atomic E-state index is 11.7. The van der Waals surface area contributed by atoms with E-state index < -0.39 is 10.0 Å². The number of allylic oxidation sites excluding steroid dienone is 1. The Morgan fingerprint density at radius 3 is 2.71 bits per heavy atom. The molecule has 2 aromatic carbocycles. The molecule has 0 saturated heterocycles. The molecular formula is C22H17N3O2S. The third-order valence-electron chi connectivity index (χ3n) is 5.11. The Kier molecular flexibility index (Phi) is 3.72. The number of aromatic amines is 1. The van der Waals surface area contributed by atoms with Crippen LogP contribution in [0.3, 0.4) is 0 Å². The lowest BCUT2D eigenvalue weighted by Crippen LogP contribution is -2.11. The highest BCUT2D eigenvalue weighted by Gasteiger charge is 2.16. The van der Waals surface area contributed by atoms with E-state index in [1.165, 1.54) is 22.8 Å². The van der Waals surface area contributed by atoms with Crippen molar-refractivity contribution >= 4 is 27.1 Å². The molecule has 6 heteroatoms. The first-order valence-corrected chi connectivity index (χ1v) is 10.4. The topological polar surface area (TPSA) is 88.8 Å². The number of nitrogens with two attached hydrogens (primary N) is 1. The molecule has 0 radical (unpaired) electrons. The van der Waals surface area contributed by atoms with Crippen LogP contribution in [0.4, 0.5) is 0 Å². The lowest BCUT2D eigenvalue weighted by molar-refractivity contribution is 0.598. The Hall–Kier alpha value is -3.22. The number of hydrogen-bond acceptors (Lipinski definition) is 3. The van der Waals surface area contributed by atoms with Gasteiger partial charge in [0, 0.05) is 17.3 Å². The van der Waals surface area contributed by atoms with E-state index in [4.69, 9.17) is 5.14 Å². The number of nitrogens with one attached hydrogen (secondary N) is 1. The van der Waals surface area contributed by atoms with Crippen LogP contribution >= 0.6 is 0 Å². The molecule has 0 unspecified atom stereocenters. The van der Waals surface area contributed by atoms with Crippen LogP contribution in [0.1, 0.15) is 11.1 Å². The van der Waals surface area contributed by atoms with E-state index in [2.05, 4.69) is 40.3 Å². The molecule has 0 saturated carbocycles.